The van der Waals surface area contributed by atoms with Crippen LogP contribution in [0.1, 0.15) is 46.2 Å². The maximum Gasteiger partial charge on any atom is 0.0562 e. The molecular formula is C16H27N3. The van der Waals surface area contributed by atoms with E-state index in [1.807, 2.05) is 6.20 Å². The summed E-state index contributed by atoms with van der Waals surface area (Å²) in [7, 11) is 0. The zero-order valence-corrected chi connectivity index (χ0v) is 12.7. The fourth-order valence-corrected chi connectivity index (χ4v) is 2.71. The van der Waals surface area contributed by atoms with Gasteiger partial charge in [0.1, 0.15) is 0 Å². The number of piperidine rings is 1. The molecule has 1 fully saturated rings. The van der Waals surface area contributed by atoms with Crippen LogP contribution in [0.5, 0.6) is 0 Å². The molecular weight excluding hydrogens is 234 g/mol. The lowest BCUT2D eigenvalue weighted by atomic mass is 9.84. The number of nitrogens with one attached hydrogen (secondary N) is 1. The monoisotopic (exact) mass is 261 g/mol. The third kappa shape index (κ3) is 4.20. The van der Waals surface area contributed by atoms with Crippen LogP contribution in [-0.2, 0) is 6.54 Å². The predicted molar refractivity (Wildman–Crippen MR) is 81.4 cm³/mol. The van der Waals surface area contributed by atoms with E-state index < -0.39 is 0 Å². The first-order valence-corrected chi connectivity index (χ1v) is 7.39. The van der Waals surface area contributed by atoms with Crippen LogP contribution in [0.15, 0.2) is 18.3 Å². The van der Waals surface area contributed by atoms with Gasteiger partial charge in [-0.3, -0.25) is 4.98 Å². The second-order valence-electron chi connectivity index (χ2n) is 6.73. The van der Waals surface area contributed by atoms with Crippen LogP contribution in [-0.4, -0.2) is 24.1 Å². The number of hydrogen-bond donors (Lipinski definition) is 1. The maximum atomic E-state index is 4.45. The van der Waals surface area contributed by atoms with Crippen molar-refractivity contribution in [1.29, 1.82) is 0 Å². The van der Waals surface area contributed by atoms with E-state index in [1.165, 1.54) is 25.1 Å². The van der Waals surface area contributed by atoms with Crippen LogP contribution in [0.2, 0.25) is 0 Å². The summed E-state index contributed by atoms with van der Waals surface area (Å²) in [5, 5.41) is 3.43. The Morgan fingerprint density at radius 2 is 2.21 bits per heavy atom. The zero-order valence-electron chi connectivity index (χ0n) is 12.7. The van der Waals surface area contributed by atoms with Crippen molar-refractivity contribution in [2.75, 3.05) is 18.0 Å². The molecule has 106 valence electrons. The van der Waals surface area contributed by atoms with Gasteiger partial charge in [-0.05, 0) is 30.4 Å². The smallest absolute Gasteiger partial charge is 0.0562 e. The van der Waals surface area contributed by atoms with E-state index >= 15 is 0 Å². The number of aromatic nitrogens is 1. The highest BCUT2D eigenvalue weighted by Gasteiger charge is 2.26. The highest BCUT2D eigenvalue weighted by Crippen LogP contribution is 2.31. The molecule has 3 nitrogen and oxygen atoms in total. The molecule has 1 aliphatic rings. The minimum Gasteiger partial charge on any atom is -0.371 e. The molecule has 1 aromatic rings. The second-order valence-corrected chi connectivity index (χ2v) is 6.73. The van der Waals surface area contributed by atoms with Crippen molar-refractivity contribution in [1.82, 2.24) is 10.3 Å². The Balaban J connectivity index is 2.05. The van der Waals surface area contributed by atoms with Crippen LogP contribution in [0.25, 0.3) is 0 Å². The van der Waals surface area contributed by atoms with Gasteiger partial charge in [0.15, 0.2) is 0 Å². The van der Waals surface area contributed by atoms with Crippen molar-refractivity contribution in [3.63, 3.8) is 0 Å². The molecule has 0 aliphatic carbocycles. The second kappa shape index (κ2) is 5.91. The Labute approximate surface area is 117 Å². The van der Waals surface area contributed by atoms with Crippen molar-refractivity contribution >= 4 is 5.69 Å². The Hall–Kier alpha value is -1.09. The molecule has 2 rings (SSSR count). The molecule has 0 bridgehead atoms. The predicted octanol–water partition coefficient (Wildman–Crippen LogP) is 3.21. The van der Waals surface area contributed by atoms with E-state index in [-0.39, 0.29) is 0 Å². The summed E-state index contributed by atoms with van der Waals surface area (Å²) in [4.78, 5) is 6.96. The summed E-state index contributed by atoms with van der Waals surface area (Å²) in [5.41, 5.74) is 2.88. The molecule has 0 amide bonds. The van der Waals surface area contributed by atoms with E-state index in [2.05, 4.69) is 55.0 Å². The van der Waals surface area contributed by atoms with E-state index in [0.717, 1.165) is 18.8 Å². The van der Waals surface area contributed by atoms with Crippen molar-refractivity contribution in [3.05, 3.63) is 24.0 Å². The first-order valence-electron chi connectivity index (χ1n) is 7.39. The molecule has 0 spiro atoms. The average molecular weight is 261 g/mol. The molecule has 1 N–H and O–H groups in total. The first kappa shape index (κ1) is 14.3. The number of rotatable bonds is 4. The normalized spacial score (nSPS) is 18.9. The summed E-state index contributed by atoms with van der Waals surface area (Å²) in [6.45, 7) is 12.2. The largest absolute Gasteiger partial charge is 0.371 e. The van der Waals surface area contributed by atoms with Crippen LogP contribution in [0.3, 0.4) is 0 Å². The molecule has 0 atom stereocenters. The topological polar surface area (TPSA) is 28.2 Å². The van der Waals surface area contributed by atoms with Gasteiger partial charge < -0.3 is 10.2 Å². The zero-order chi connectivity index (χ0) is 13.9. The third-order valence-corrected chi connectivity index (χ3v) is 3.76. The summed E-state index contributed by atoms with van der Waals surface area (Å²) in [5.74, 6) is 0. The Bertz CT molecular complexity index is 412. The van der Waals surface area contributed by atoms with E-state index in [0.29, 0.717) is 11.5 Å². The number of nitrogens with zero attached hydrogens (tertiary/aromatic N) is 2. The molecule has 19 heavy (non-hydrogen) atoms. The standard InChI is InChI=1S/C16H27N3/c1-13(2)18-11-14-10-15(6-8-17-14)19-9-5-7-16(3,4)12-19/h6,8,10,13,18H,5,7,9,11-12H2,1-4H3. The maximum absolute atomic E-state index is 4.45. The first-order chi connectivity index (χ1) is 8.96. The fraction of sp³-hybridized carbons (Fsp3) is 0.688. The number of anilines is 1. The molecule has 0 radical (unpaired) electrons. The van der Waals surface area contributed by atoms with Gasteiger partial charge in [-0.1, -0.05) is 27.7 Å². The van der Waals surface area contributed by atoms with E-state index in [1.54, 1.807) is 0 Å². The Morgan fingerprint density at radius 3 is 2.89 bits per heavy atom. The molecule has 1 aromatic heterocycles. The van der Waals surface area contributed by atoms with Crippen molar-refractivity contribution in [2.24, 2.45) is 5.41 Å². The molecule has 2 heterocycles. The number of pyridine rings is 1. The van der Waals surface area contributed by atoms with Crippen LogP contribution < -0.4 is 10.2 Å². The molecule has 1 saturated heterocycles. The molecule has 1 aliphatic heterocycles. The lowest BCUT2D eigenvalue weighted by Gasteiger charge is -2.39. The van der Waals surface area contributed by atoms with Gasteiger partial charge in [-0.2, -0.15) is 0 Å². The SMILES string of the molecule is CC(C)NCc1cc(N2CCCC(C)(C)C2)ccn1. The molecule has 0 unspecified atom stereocenters. The summed E-state index contributed by atoms with van der Waals surface area (Å²) >= 11 is 0. The minimum atomic E-state index is 0.428. The van der Waals surface area contributed by atoms with Gasteiger partial charge in [0, 0.05) is 37.6 Å². The van der Waals surface area contributed by atoms with Gasteiger partial charge in [0.05, 0.1) is 5.69 Å². The van der Waals surface area contributed by atoms with Crippen molar-refractivity contribution in [2.45, 2.75) is 53.1 Å². The van der Waals surface area contributed by atoms with Crippen LogP contribution in [0, 0.1) is 5.41 Å². The lowest BCUT2D eigenvalue weighted by Crippen LogP contribution is -2.40. The quantitative estimate of drug-likeness (QED) is 0.902. The third-order valence-electron chi connectivity index (χ3n) is 3.76. The van der Waals surface area contributed by atoms with Crippen LogP contribution in [0.4, 0.5) is 5.69 Å². The molecule has 3 heteroatoms. The van der Waals surface area contributed by atoms with Crippen LogP contribution >= 0.6 is 0 Å². The van der Waals surface area contributed by atoms with Gasteiger partial charge >= 0.3 is 0 Å². The highest BCUT2D eigenvalue weighted by molar-refractivity contribution is 5.47. The van der Waals surface area contributed by atoms with Crippen molar-refractivity contribution < 1.29 is 0 Å². The fourth-order valence-electron chi connectivity index (χ4n) is 2.71. The van der Waals surface area contributed by atoms with Gasteiger partial charge in [0.25, 0.3) is 0 Å². The minimum absolute atomic E-state index is 0.428. The van der Waals surface area contributed by atoms with Crippen molar-refractivity contribution in [3.8, 4) is 0 Å². The Kier molecular flexibility index (Phi) is 4.46. The Morgan fingerprint density at radius 1 is 1.42 bits per heavy atom. The van der Waals surface area contributed by atoms with Gasteiger partial charge in [0.2, 0.25) is 0 Å². The summed E-state index contributed by atoms with van der Waals surface area (Å²) < 4.78 is 0. The molecule has 0 aromatic carbocycles. The number of hydrogen-bond acceptors (Lipinski definition) is 3. The van der Waals surface area contributed by atoms with E-state index in [9.17, 15) is 0 Å². The molecule has 0 saturated carbocycles. The highest BCUT2D eigenvalue weighted by atomic mass is 15.1. The van der Waals surface area contributed by atoms with Gasteiger partial charge in [-0.25, -0.2) is 0 Å². The average Bonchev–Trinajstić information content (AvgIpc) is 2.35. The summed E-state index contributed by atoms with van der Waals surface area (Å²) in [6, 6.07) is 4.87. The van der Waals surface area contributed by atoms with Gasteiger partial charge in [-0.15, -0.1) is 0 Å². The lowest BCUT2D eigenvalue weighted by molar-refractivity contribution is 0.293. The summed E-state index contributed by atoms with van der Waals surface area (Å²) in [6.07, 6.45) is 4.56. The van der Waals surface area contributed by atoms with E-state index in [4.69, 9.17) is 0 Å².